The van der Waals surface area contributed by atoms with E-state index in [0.29, 0.717) is 41.7 Å². The minimum Gasteiger partial charge on any atom is -0.458 e. The third-order valence-corrected chi connectivity index (χ3v) is 5.12. The highest BCUT2D eigenvalue weighted by atomic mass is 32.1. The summed E-state index contributed by atoms with van der Waals surface area (Å²) in [6.45, 7) is 3.27. The largest absolute Gasteiger partial charge is 0.458 e. The van der Waals surface area contributed by atoms with Gasteiger partial charge in [-0.3, -0.25) is 14.9 Å². The monoisotopic (exact) mass is 378 g/mol. The van der Waals surface area contributed by atoms with Crippen molar-refractivity contribution in [2.75, 3.05) is 25.5 Å². The predicted octanol–water partition coefficient (Wildman–Crippen LogP) is 1.75. The van der Waals surface area contributed by atoms with E-state index in [1.54, 1.807) is 19.2 Å². The van der Waals surface area contributed by atoms with Crippen LogP contribution in [0.4, 0.5) is 5.13 Å². The van der Waals surface area contributed by atoms with Gasteiger partial charge in [0.25, 0.3) is 5.91 Å². The molecule has 26 heavy (non-hydrogen) atoms. The summed E-state index contributed by atoms with van der Waals surface area (Å²) in [4.78, 5) is 28.0. The van der Waals surface area contributed by atoms with E-state index in [0.717, 1.165) is 13.1 Å². The minimum absolute atomic E-state index is 0.119. The van der Waals surface area contributed by atoms with Gasteiger partial charge in [0.15, 0.2) is 10.9 Å². The molecule has 3 heterocycles. The Kier molecular flexibility index (Phi) is 5.70. The Hall–Kier alpha value is -2.23. The Balaban J connectivity index is 1.66. The highest BCUT2D eigenvalue weighted by Crippen LogP contribution is 2.29. The Morgan fingerprint density at radius 3 is 2.85 bits per heavy atom. The van der Waals surface area contributed by atoms with Crippen LogP contribution >= 0.6 is 11.3 Å². The van der Waals surface area contributed by atoms with Gasteiger partial charge in [-0.2, -0.15) is 0 Å². The summed E-state index contributed by atoms with van der Waals surface area (Å²) < 4.78 is 11.2. The van der Waals surface area contributed by atoms with E-state index < -0.39 is 5.60 Å². The molecule has 3 rings (SSSR count). The third-order valence-electron chi connectivity index (χ3n) is 4.37. The zero-order chi connectivity index (χ0) is 18.6. The van der Waals surface area contributed by atoms with Crippen molar-refractivity contribution in [2.24, 2.45) is 0 Å². The molecule has 0 saturated carbocycles. The molecule has 0 aliphatic carbocycles. The van der Waals surface area contributed by atoms with Crippen molar-refractivity contribution >= 4 is 28.3 Å². The number of furan rings is 1. The summed E-state index contributed by atoms with van der Waals surface area (Å²) in [5.41, 5.74) is -0.177. The average Bonchev–Trinajstić information content (AvgIpc) is 3.29. The number of hydrogen-bond acceptors (Lipinski definition) is 7. The molecule has 2 amide bonds. The quantitative estimate of drug-likeness (QED) is 0.707. The van der Waals surface area contributed by atoms with Crippen molar-refractivity contribution in [3.05, 3.63) is 23.3 Å². The fourth-order valence-corrected chi connectivity index (χ4v) is 3.53. The van der Waals surface area contributed by atoms with Crippen molar-refractivity contribution in [1.82, 2.24) is 15.6 Å². The number of anilines is 1. The second-order valence-electron chi connectivity index (χ2n) is 6.12. The summed E-state index contributed by atoms with van der Waals surface area (Å²) in [5.74, 6) is 0.937. The van der Waals surface area contributed by atoms with Crippen LogP contribution < -0.4 is 16.0 Å². The first kappa shape index (κ1) is 18.6. The first-order valence-corrected chi connectivity index (χ1v) is 9.27. The normalized spacial score (nSPS) is 16.2. The van der Waals surface area contributed by atoms with Crippen LogP contribution in [0.1, 0.15) is 25.5 Å². The maximum absolute atomic E-state index is 12.7. The fourth-order valence-electron chi connectivity index (χ4n) is 2.83. The summed E-state index contributed by atoms with van der Waals surface area (Å²) in [7, 11) is 1.57. The van der Waals surface area contributed by atoms with Crippen molar-refractivity contribution in [1.29, 1.82) is 0 Å². The van der Waals surface area contributed by atoms with Crippen molar-refractivity contribution in [3.63, 3.8) is 0 Å². The number of carbonyl (C=O) groups is 2. The number of amides is 2. The van der Waals surface area contributed by atoms with E-state index in [2.05, 4.69) is 20.9 Å². The standard InChI is InChI=1S/C17H22N4O4S/c1-11(22)19-9-12-3-4-14(25-12)13-10-26-16(20-13)21-15(23)17(24-2)5-7-18-8-6-17/h3-4,10,18H,5-9H2,1-2H3,(H,19,22)(H,20,21,23). The predicted molar refractivity (Wildman–Crippen MR) is 97.8 cm³/mol. The molecule has 1 fully saturated rings. The number of nitrogens with zero attached hydrogens (tertiary/aromatic N) is 1. The van der Waals surface area contributed by atoms with Crippen LogP contribution in [0, 0.1) is 0 Å². The Bertz CT molecular complexity index is 779. The summed E-state index contributed by atoms with van der Waals surface area (Å²) in [6.07, 6.45) is 1.25. The number of nitrogens with one attached hydrogen (secondary N) is 3. The van der Waals surface area contributed by atoms with E-state index in [4.69, 9.17) is 9.15 Å². The Labute approximate surface area is 155 Å². The molecule has 1 aliphatic heterocycles. The zero-order valence-corrected chi connectivity index (χ0v) is 15.6. The molecule has 3 N–H and O–H groups in total. The van der Waals surface area contributed by atoms with Crippen LogP contribution in [0.2, 0.25) is 0 Å². The molecule has 1 saturated heterocycles. The van der Waals surface area contributed by atoms with E-state index in [9.17, 15) is 9.59 Å². The lowest BCUT2D eigenvalue weighted by Crippen LogP contribution is -2.51. The SMILES string of the molecule is COC1(C(=O)Nc2nc(-c3ccc(CNC(C)=O)o3)cs2)CCNCC1. The van der Waals surface area contributed by atoms with Gasteiger partial charge >= 0.3 is 0 Å². The second-order valence-corrected chi connectivity index (χ2v) is 6.97. The van der Waals surface area contributed by atoms with Crippen molar-refractivity contribution in [3.8, 4) is 11.5 Å². The van der Waals surface area contributed by atoms with Crippen LogP contribution in [0.25, 0.3) is 11.5 Å². The molecule has 8 nitrogen and oxygen atoms in total. The second kappa shape index (κ2) is 7.98. The number of rotatable bonds is 6. The zero-order valence-electron chi connectivity index (χ0n) is 14.8. The topological polar surface area (TPSA) is 105 Å². The number of hydrogen-bond donors (Lipinski definition) is 3. The van der Waals surface area contributed by atoms with Gasteiger partial charge < -0.3 is 19.8 Å². The molecule has 2 aromatic heterocycles. The van der Waals surface area contributed by atoms with E-state index in [1.807, 2.05) is 5.38 Å². The molecule has 0 spiro atoms. The Morgan fingerprint density at radius 1 is 1.38 bits per heavy atom. The molecule has 9 heteroatoms. The number of piperidine rings is 1. The average molecular weight is 378 g/mol. The van der Waals surface area contributed by atoms with Gasteiger partial charge in [0.2, 0.25) is 5.91 Å². The van der Waals surface area contributed by atoms with Gasteiger partial charge in [0, 0.05) is 19.4 Å². The van der Waals surface area contributed by atoms with Crippen LogP contribution in [-0.4, -0.2) is 42.6 Å². The summed E-state index contributed by atoms with van der Waals surface area (Å²) >= 11 is 1.33. The smallest absolute Gasteiger partial charge is 0.258 e. The number of ether oxygens (including phenoxy) is 1. The maximum Gasteiger partial charge on any atom is 0.258 e. The highest BCUT2D eigenvalue weighted by molar-refractivity contribution is 7.14. The van der Waals surface area contributed by atoms with Crippen LogP contribution in [0.5, 0.6) is 0 Å². The maximum atomic E-state index is 12.7. The Morgan fingerprint density at radius 2 is 2.15 bits per heavy atom. The number of aromatic nitrogens is 1. The van der Waals surface area contributed by atoms with Gasteiger partial charge in [-0.1, -0.05) is 0 Å². The summed E-state index contributed by atoms with van der Waals surface area (Å²) in [6, 6.07) is 3.58. The number of methoxy groups -OCH3 is 1. The van der Waals surface area contributed by atoms with Gasteiger partial charge in [-0.05, 0) is 38.1 Å². The molecule has 1 aliphatic rings. The number of carbonyl (C=O) groups excluding carboxylic acids is 2. The lowest BCUT2D eigenvalue weighted by atomic mass is 9.91. The van der Waals surface area contributed by atoms with Crippen LogP contribution in [0.3, 0.4) is 0 Å². The minimum atomic E-state index is -0.812. The van der Waals surface area contributed by atoms with E-state index in [-0.39, 0.29) is 11.8 Å². The molecule has 0 aromatic carbocycles. The lowest BCUT2D eigenvalue weighted by Gasteiger charge is -2.34. The fraction of sp³-hybridized carbons (Fsp3) is 0.471. The van der Waals surface area contributed by atoms with Crippen molar-refractivity contribution in [2.45, 2.75) is 31.9 Å². The molecule has 0 atom stereocenters. The van der Waals surface area contributed by atoms with Gasteiger partial charge in [-0.25, -0.2) is 4.98 Å². The molecule has 0 radical (unpaired) electrons. The molecule has 0 unspecified atom stereocenters. The van der Waals surface area contributed by atoms with Crippen LogP contribution in [-0.2, 0) is 20.9 Å². The van der Waals surface area contributed by atoms with Gasteiger partial charge in [0.1, 0.15) is 17.1 Å². The molecule has 0 bridgehead atoms. The highest BCUT2D eigenvalue weighted by Gasteiger charge is 2.40. The molecule has 2 aromatic rings. The summed E-state index contributed by atoms with van der Waals surface area (Å²) in [5, 5.41) is 11.1. The molecule has 140 valence electrons. The van der Waals surface area contributed by atoms with Gasteiger partial charge in [-0.15, -0.1) is 11.3 Å². The van der Waals surface area contributed by atoms with Crippen LogP contribution in [0.15, 0.2) is 21.9 Å². The van der Waals surface area contributed by atoms with E-state index in [1.165, 1.54) is 18.3 Å². The van der Waals surface area contributed by atoms with Gasteiger partial charge in [0.05, 0.1) is 6.54 Å². The first-order chi connectivity index (χ1) is 12.5. The first-order valence-electron chi connectivity index (χ1n) is 8.39. The lowest BCUT2D eigenvalue weighted by molar-refractivity contribution is -0.140. The van der Waals surface area contributed by atoms with E-state index >= 15 is 0 Å². The van der Waals surface area contributed by atoms with Crippen molar-refractivity contribution < 1.29 is 18.7 Å². The third kappa shape index (κ3) is 4.12. The number of thiazole rings is 1. The molecular formula is C17H22N4O4S. The molecular weight excluding hydrogens is 356 g/mol.